The van der Waals surface area contributed by atoms with Gasteiger partial charge in [-0.1, -0.05) is 24.3 Å². The van der Waals surface area contributed by atoms with Gasteiger partial charge in [-0.25, -0.2) is 9.69 Å². The van der Waals surface area contributed by atoms with Crippen LogP contribution in [0, 0.1) is 17.8 Å². The quantitative estimate of drug-likeness (QED) is 0.540. The number of benzene rings is 2. The monoisotopic (exact) mass is 442 g/mol. The number of hydrogen-bond acceptors (Lipinski definition) is 4. The number of carbonyl (C=O) groups excluding carboxylic acids is 3. The van der Waals surface area contributed by atoms with Crippen LogP contribution in [-0.2, 0) is 15.0 Å². The van der Waals surface area contributed by atoms with Crippen LogP contribution < -0.4 is 10.2 Å². The van der Waals surface area contributed by atoms with Gasteiger partial charge in [0.1, 0.15) is 11.3 Å². The largest absolute Gasteiger partial charge is 0.508 e. The zero-order valence-electron chi connectivity index (χ0n) is 18.3. The standard InChI is InChI=1S/C27H26N2O4/c30-22-3-1-2-16(11-22)12-23-24(31)28-26(33)29(25(23)32)21-6-4-20(5-7-21)27-13-17-8-18(14-27)10-19(9-17)15-27/h1-7,11-12,17-19,30H,8-10,13-15H2,(H,28,31,33)/b23-12+. The third kappa shape index (κ3) is 3.36. The molecule has 2 aromatic rings. The first-order chi connectivity index (χ1) is 15.9. The zero-order valence-corrected chi connectivity index (χ0v) is 18.3. The van der Waals surface area contributed by atoms with Crippen LogP contribution in [0.4, 0.5) is 10.5 Å². The number of imide groups is 2. The number of nitrogens with one attached hydrogen (secondary N) is 1. The fourth-order valence-electron chi connectivity index (χ4n) is 7.10. The fraction of sp³-hybridized carbons (Fsp3) is 0.370. The number of carbonyl (C=O) groups is 3. The van der Waals surface area contributed by atoms with Crippen LogP contribution in [0.5, 0.6) is 5.75 Å². The van der Waals surface area contributed by atoms with E-state index >= 15 is 0 Å². The molecule has 1 saturated heterocycles. The Morgan fingerprint density at radius 3 is 2.15 bits per heavy atom. The van der Waals surface area contributed by atoms with Gasteiger partial charge in [-0.05, 0) is 103 Å². The van der Waals surface area contributed by atoms with Gasteiger partial charge in [0.05, 0.1) is 5.69 Å². The molecule has 33 heavy (non-hydrogen) atoms. The Morgan fingerprint density at radius 1 is 0.909 bits per heavy atom. The molecular weight excluding hydrogens is 416 g/mol. The molecule has 0 radical (unpaired) electrons. The summed E-state index contributed by atoms with van der Waals surface area (Å²) in [6.07, 6.45) is 9.25. The maximum atomic E-state index is 13.2. The molecule has 0 spiro atoms. The van der Waals surface area contributed by atoms with Crippen molar-refractivity contribution >= 4 is 29.6 Å². The van der Waals surface area contributed by atoms with E-state index in [0.717, 1.165) is 22.7 Å². The second kappa shape index (κ2) is 7.30. The summed E-state index contributed by atoms with van der Waals surface area (Å²) in [4.78, 5) is 39.1. The summed E-state index contributed by atoms with van der Waals surface area (Å²) < 4.78 is 0. The van der Waals surface area contributed by atoms with Crippen molar-refractivity contribution in [2.75, 3.05) is 4.90 Å². The summed E-state index contributed by atoms with van der Waals surface area (Å²) in [5.41, 5.74) is 2.34. The van der Waals surface area contributed by atoms with Crippen molar-refractivity contribution in [2.24, 2.45) is 17.8 Å². The molecule has 4 aliphatic carbocycles. The topological polar surface area (TPSA) is 86.7 Å². The van der Waals surface area contributed by atoms with Crippen LogP contribution in [0.2, 0.25) is 0 Å². The van der Waals surface area contributed by atoms with Gasteiger partial charge in [0.25, 0.3) is 11.8 Å². The third-order valence-electron chi connectivity index (χ3n) is 8.06. The lowest BCUT2D eigenvalue weighted by Crippen LogP contribution is -2.54. The minimum Gasteiger partial charge on any atom is -0.508 e. The second-order valence-electron chi connectivity index (χ2n) is 10.3. The normalized spacial score (nSPS) is 31.9. The van der Waals surface area contributed by atoms with Gasteiger partial charge in [0.15, 0.2) is 0 Å². The number of urea groups is 1. The van der Waals surface area contributed by atoms with Crippen molar-refractivity contribution in [3.8, 4) is 5.75 Å². The zero-order chi connectivity index (χ0) is 22.7. The average molecular weight is 443 g/mol. The predicted octanol–water partition coefficient (Wildman–Crippen LogP) is 4.53. The van der Waals surface area contributed by atoms with Crippen LogP contribution >= 0.6 is 0 Å². The Hall–Kier alpha value is -3.41. The molecule has 4 saturated carbocycles. The van der Waals surface area contributed by atoms with Crippen molar-refractivity contribution in [1.82, 2.24) is 5.32 Å². The van der Waals surface area contributed by atoms with Crippen LogP contribution in [0.3, 0.4) is 0 Å². The van der Waals surface area contributed by atoms with E-state index in [1.165, 1.54) is 62.3 Å². The first kappa shape index (κ1) is 20.2. The van der Waals surface area contributed by atoms with E-state index in [4.69, 9.17) is 0 Å². The van der Waals surface area contributed by atoms with Gasteiger partial charge in [-0.3, -0.25) is 14.9 Å². The highest BCUT2D eigenvalue weighted by Crippen LogP contribution is 2.60. The molecule has 6 nitrogen and oxygen atoms in total. The summed E-state index contributed by atoms with van der Waals surface area (Å²) in [6, 6.07) is 13.3. The minimum absolute atomic E-state index is 0.0289. The molecule has 0 unspecified atom stereocenters. The molecule has 2 aromatic carbocycles. The Morgan fingerprint density at radius 2 is 1.55 bits per heavy atom. The molecule has 5 fully saturated rings. The number of barbiturate groups is 1. The van der Waals surface area contributed by atoms with Gasteiger partial charge in [0.2, 0.25) is 0 Å². The van der Waals surface area contributed by atoms with Crippen LogP contribution in [0.1, 0.15) is 49.7 Å². The fourth-order valence-corrected chi connectivity index (χ4v) is 7.10. The first-order valence-electron chi connectivity index (χ1n) is 11.7. The number of aromatic hydroxyl groups is 1. The summed E-state index contributed by atoms with van der Waals surface area (Å²) in [5, 5.41) is 11.9. The highest BCUT2D eigenvalue weighted by atomic mass is 16.3. The van der Waals surface area contributed by atoms with Crippen LogP contribution in [0.15, 0.2) is 54.1 Å². The van der Waals surface area contributed by atoms with E-state index in [2.05, 4.69) is 17.4 Å². The number of rotatable bonds is 3. The molecule has 0 aromatic heterocycles. The Bertz CT molecular complexity index is 1160. The molecule has 1 heterocycles. The summed E-state index contributed by atoms with van der Waals surface area (Å²) in [7, 11) is 0. The number of nitrogens with zero attached hydrogens (tertiary/aromatic N) is 1. The van der Waals surface area contributed by atoms with Crippen molar-refractivity contribution in [3.63, 3.8) is 0 Å². The van der Waals surface area contributed by atoms with Crippen LogP contribution in [-0.4, -0.2) is 23.0 Å². The van der Waals surface area contributed by atoms with Gasteiger partial charge < -0.3 is 5.11 Å². The van der Waals surface area contributed by atoms with Gasteiger partial charge in [-0.15, -0.1) is 0 Å². The lowest BCUT2D eigenvalue weighted by atomic mass is 9.48. The van der Waals surface area contributed by atoms with Crippen LogP contribution in [0.25, 0.3) is 6.08 Å². The SMILES string of the molecule is O=C1NC(=O)N(c2ccc(C34CC5CC(CC(C5)C3)C4)cc2)C(=O)/C1=C/c1cccc(O)c1. The van der Waals surface area contributed by atoms with Crippen molar-refractivity contribution in [3.05, 3.63) is 65.2 Å². The van der Waals surface area contributed by atoms with Crippen molar-refractivity contribution in [2.45, 2.75) is 43.9 Å². The van der Waals surface area contributed by atoms with E-state index in [1.807, 2.05) is 12.1 Å². The number of anilines is 1. The Kier molecular flexibility index (Phi) is 4.47. The lowest BCUT2D eigenvalue weighted by molar-refractivity contribution is -0.122. The van der Waals surface area contributed by atoms with Crippen molar-refractivity contribution < 1.29 is 19.5 Å². The molecule has 5 aliphatic rings. The molecule has 6 heteroatoms. The van der Waals surface area contributed by atoms with E-state index in [-0.39, 0.29) is 16.7 Å². The molecule has 4 bridgehead atoms. The molecular formula is C27H26N2O4. The molecule has 0 atom stereocenters. The number of hydrogen-bond donors (Lipinski definition) is 2. The summed E-state index contributed by atoms with van der Waals surface area (Å²) >= 11 is 0. The van der Waals surface area contributed by atoms with E-state index in [0.29, 0.717) is 11.3 Å². The first-order valence-corrected chi connectivity index (χ1v) is 11.7. The average Bonchev–Trinajstić information content (AvgIpc) is 2.76. The molecule has 1 aliphatic heterocycles. The number of amides is 4. The predicted molar refractivity (Wildman–Crippen MR) is 123 cm³/mol. The smallest absolute Gasteiger partial charge is 0.335 e. The molecule has 7 rings (SSSR count). The number of phenolic OH excluding ortho intramolecular Hbond substituents is 1. The Labute approximate surface area is 192 Å². The Balaban J connectivity index is 1.30. The van der Waals surface area contributed by atoms with Gasteiger partial charge in [0, 0.05) is 0 Å². The second-order valence-corrected chi connectivity index (χ2v) is 10.3. The molecule has 168 valence electrons. The maximum Gasteiger partial charge on any atom is 0.335 e. The highest BCUT2D eigenvalue weighted by molar-refractivity contribution is 6.39. The van der Waals surface area contributed by atoms with Crippen molar-refractivity contribution in [1.29, 1.82) is 0 Å². The summed E-state index contributed by atoms with van der Waals surface area (Å²) in [5.74, 6) is 1.12. The summed E-state index contributed by atoms with van der Waals surface area (Å²) in [6.45, 7) is 0. The maximum absolute atomic E-state index is 13.2. The van der Waals surface area contributed by atoms with Gasteiger partial charge >= 0.3 is 6.03 Å². The lowest BCUT2D eigenvalue weighted by Gasteiger charge is -2.57. The van der Waals surface area contributed by atoms with E-state index in [1.54, 1.807) is 12.1 Å². The van der Waals surface area contributed by atoms with E-state index < -0.39 is 17.8 Å². The molecule has 2 N–H and O–H groups in total. The number of phenols is 1. The third-order valence-corrected chi connectivity index (χ3v) is 8.06. The van der Waals surface area contributed by atoms with Gasteiger partial charge in [-0.2, -0.15) is 0 Å². The minimum atomic E-state index is -0.749. The highest BCUT2D eigenvalue weighted by Gasteiger charge is 2.51. The molecule has 4 amide bonds. The van der Waals surface area contributed by atoms with E-state index in [9.17, 15) is 19.5 Å².